The third kappa shape index (κ3) is 4.49. The van der Waals surface area contributed by atoms with E-state index in [0.717, 1.165) is 41.0 Å². The molecular formula is C20H21BrCl2N4OS. The second kappa shape index (κ2) is 8.94. The molecule has 2 aliphatic heterocycles. The Bertz CT molecular complexity index is 944. The number of hydrazine groups is 1. The van der Waals surface area contributed by atoms with Gasteiger partial charge in [-0.3, -0.25) is 15.2 Å². The van der Waals surface area contributed by atoms with Gasteiger partial charge in [0.1, 0.15) is 5.71 Å². The molecule has 5 nitrogen and oxygen atoms in total. The van der Waals surface area contributed by atoms with E-state index in [1.807, 2.05) is 28.4 Å². The topological polar surface area (TPSA) is 47.9 Å². The Labute approximate surface area is 192 Å². The highest BCUT2D eigenvalue weighted by atomic mass is 79.9. The number of hydrogen-bond acceptors (Lipinski definition) is 5. The third-order valence-electron chi connectivity index (χ3n) is 5.27. The smallest absolute Gasteiger partial charge is 0.282 e. The quantitative estimate of drug-likeness (QED) is 0.552. The van der Waals surface area contributed by atoms with Crippen LogP contribution in [0.15, 0.2) is 39.2 Å². The average molecular weight is 516 g/mol. The Morgan fingerprint density at radius 3 is 2.66 bits per heavy atom. The Balaban J connectivity index is 1.67. The van der Waals surface area contributed by atoms with Crippen molar-refractivity contribution in [1.29, 1.82) is 0 Å². The van der Waals surface area contributed by atoms with Crippen molar-refractivity contribution < 1.29 is 4.79 Å². The predicted octanol–water partition coefficient (Wildman–Crippen LogP) is 5.89. The van der Waals surface area contributed by atoms with Crippen LogP contribution in [0.3, 0.4) is 0 Å². The minimum absolute atomic E-state index is 0.0999. The number of thiophene rings is 1. The summed E-state index contributed by atoms with van der Waals surface area (Å²) in [6.07, 6.45) is 3.41. The van der Waals surface area contributed by atoms with Crippen LogP contribution in [0.2, 0.25) is 10.0 Å². The van der Waals surface area contributed by atoms with Crippen LogP contribution in [-0.2, 0) is 4.79 Å². The molecule has 29 heavy (non-hydrogen) atoms. The lowest BCUT2D eigenvalue weighted by molar-refractivity contribution is -0.120. The Morgan fingerprint density at radius 2 is 2.00 bits per heavy atom. The van der Waals surface area contributed by atoms with Crippen molar-refractivity contribution in [1.82, 2.24) is 10.4 Å². The molecule has 0 aliphatic carbocycles. The van der Waals surface area contributed by atoms with E-state index in [0.29, 0.717) is 15.8 Å². The van der Waals surface area contributed by atoms with Crippen LogP contribution in [0.4, 0.5) is 5.69 Å². The van der Waals surface area contributed by atoms with E-state index >= 15 is 0 Å². The van der Waals surface area contributed by atoms with E-state index < -0.39 is 0 Å². The molecule has 2 aliphatic rings. The maximum atomic E-state index is 13.1. The largest absolute Gasteiger partial charge is 0.284 e. The first-order chi connectivity index (χ1) is 13.9. The van der Waals surface area contributed by atoms with E-state index in [2.05, 4.69) is 27.4 Å². The van der Waals surface area contributed by atoms with E-state index in [4.69, 9.17) is 28.3 Å². The van der Waals surface area contributed by atoms with Crippen molar-refractivity contribution in [3.8, 4) is 0 Å². The summed E-state index contributed by atoms with van der Waals surface area (Å²) in [6.45, 7) is 3.79. The number of anilines is 1. The number of piperidine rings is 1. The van der Waals surface area contributed by atoms with Gasteiger partial charge in [-0.2, -0.15) is 5.10 Å². The highest BCUT2D eigenvalue weighted by molar-refractivity contribution is 9.10. The maximum Gasteiger partial charge on any atom is 0.282 e. The summed E-state index contributed by atoms with van der Waals surface area (Å²) in [7, 11) is 0. The molecule has 0 unspecified atom stereocenters. The Morgan fingerprint density at radius 1 is 1.24 bits per heavy atom. The normalized spacial score (nSPS) is 22.6. The molecule has 4 rings (SSSR count). The summed E-state index contributed by atoms with van der Waals surface area (Å²) >= 11 is 17.7. The molecule has 2 atom stereocenters. The van der Waals surface area contributed by atoms with Crippen LogP contribution in [0.1, 0.15) is 37.1 Å². The summed E-state index contributed by atoms with van der Waals surface area (Å²) in [5.74, 6) is -0.246. The van der Waals surface area contributed by atoms with Gasteiger partial charge in [0, 0.05) is 38.8 Å². The number of carbonyl (C=O) groups is 1. The SMILES string of the molecule is C[C@@H]1C(C(=O)NN2CCCCC2)=NN(c2ccc(Cl)cc2Cl)[C@@H]1c1cc(Br)cs1. The number of rotatable bonds is 4. The van der Waals surface area contributed by atoms with Crippen molar-refractivity contribution >= 4 is 67.8 Å². The zero-order valence-corrected chi connectivity index (χ0v) is 19.8. The molecule has 0 radical (unpaired) electrons. The molecule has 1 amide bonds. The van der Waals surface area contributed by atoms with Crippen LogP contribution in [0.25, 0.3) is 0 Å². The summed E-state index contributed by atoms with van der Waals surface area (Å²) in [5.41, 5.74) is 4.29. The van der Waals surface area contributed by atoms with Crippen LogP contribution in [-0.4, -0.2) is 29.7 Å². The summed E-state index contributed by atoms with van der Waals surface area (Å²) in [4.78, 5) is 14.2. The number of nitrogens with zero attached hydrogens (tertiary/aromatic N) is 3. The van der Waals surface area contributed by atoms with E-state index in [1.54, 1.807) is 23.5 Å². The lowest BCUT2D eigenvalue weighted by Crippen LogP contribution is -2.48. The molecule has 0 spiro atoms. The van der Waals surface area contributed by atoms with Gasteiger partial charge in [-0.1, -0.05) is 36.5 Å². The Hall–Kier alpha value is -1.12. The van der Waals surface area contributed by atoms with Crippen LogP contribution >= 0.6 is 50.5 Å². The van der Waals surface area contributed by atoms with Gasteiger partial charge in [-0.15, -0.1) is 11.3 Å². The van der Waals surface area contributed by atoms with E-state index in [-0.39, 0.29) is 17.9 Å². The molecule has 0 saturated carbocycles. The minimum atomic E-state index is -0.146. The lowest BCUT2D eigenvalue weighted by atomic mass is 9.95. The monoisotopic (exact) mass is 514 g/mol. The molecule has 3 heterocycles. The number of amides is 1. The second-order valence-electron chi connectivity index (χ2n) is 7.31. The summed E-state index contributed by atoms with van der Waals surface area (Å²) in [6, 6.07) is 7.29. The van der Waals surface area contributed by atoms with Crippen molar-refractivity contribution in [3.05, 3.63) is 49.0 Å². The molecule has 9 heteroatoms. The van der Waals surface area contributed by atoms with Crippen molar-refractivity contribution in [2.24, 2.45) is 11.0 Å². The standard InChI is InChI=1S/C20H21BrCl2N4OS/c1-12-18(20(28)25-26-7-3-2-4-8-26)24-27(16-6-5-14(22)10-15(16)23)19(12)17-9-13(21)11-29-17/h5-6,9-12,19H,2-4,7-8H2,1H3,(H,25,28)/t12-,19+/m1/s1. The second-order valence-corrected chi connectivity index (χ2v) is 10.0. The number of benzene rings is 1. The molecule has 1 aromatic heterocycles. The van der Waals surface area contributed by atoms with Gasteiger partial charge in [-0.05, 0) is 53.0 Å². The predicted molar refractivity (Wildman–Crippen MR) is 124 cm³/mol. The van der Waals surface area contributed by atoms with Gasteiger partial charge in [0.25, 0.3) is 5.91 Å². The van der Waals surface area contributed by atoms with Gasteiger partial charge >= 0.3 is 0 Å². The first kappa shape index (κ1) is 21.1. The zero-order valence-electron chi connectivity index (χ0n) is 15.9. The van der Waals surface area contributed by atoms with Crippen molar-refractivity contribution in [3.63, 3.8) is 0 Å². The fourth-order valence-corrected chi connectivity index (χ4v) is 5.94. The fraction of sp³-hybridized carbons (Fsp3) is 0.400. The van der Waals surface area contributed by atoms with Gasteiger partial charge < -0.3 is 0 Å². The van der Waals surface area contributed by atoms with Crippen LogP contribution < -0.4 is 10.4 Å². The van der Waals surface area contributed by atoms with Gasteiger partial charge in [0.15, 0.2) is 0 Å². The molecule has 1 fully saturated rings. The molecule has 1 N–H and O–H groups in total. The van der Waals surface area contributed by atoms with Crippen molar-refractivity contribution in [2.45, 2.75) is 32.2 Å². The number of hydrogen-bond donors (Lipinski definition) is 1. The number of halogens is 3. The molecule has 0 bridgehead atoms. The average Bonchev–Trinajstić information content (AvgIpc) is 3.25. The van der Waals surface area contributed by atoms with E-state index in [1.165, 1.54) is 6.42 Å². The van der Waals surface area contributed by atoms with Crippen LogP contribution in [0, 0.1) is 5.92 Å². The highest BCUT2D eigenvalue weighted by Crippen LogP contribution is 2.44. The van der Waals surface area contributed by atoms with Crippen molar-refractivity contribution in [2.75, 3.05) is 18.1 Å². The van der Waals surface area contributed by atoms with Gasteiger partial charge in [0.2, 0.25) is 0 Å². The first-order valence-corrected chi connectivity index (χ1v) is 12.0. The molecule has 154 valence electrons. The molecule has 1 aromatic carbocycles. The number of hydrazone groups is 1. The Kier molecular flexibility index (Phi) is 6.51. The maximum absolute atomic E-state index is 13.1. The summed E-state index contributed by atoms with van der Waals surface area (Å²) in [5, 5.41) is 11.7. The number of nitrogens with one attached hydrogen (secondary N) is 1. The minimum Gasteiger partial charge on any atom is -0.284 e. The van der Waals surface area contributed by atoms with Crippen LogP contribution in [0.5, 0.6) is 0 Å². The van der Waals surface area contributed by atoms with Gasteiger partial charge in [-0.25, -0.2) is 5.01 Å². The van der Waals surface area contributed by atoms with Gasteiger partial charge in [0.05, 0.1) is 16.8 Å². The molecule has 1 saturated heterocycles. The summed E-state index contributed by atoms with van der Waals surface area (Å²) < 4.78 is 1.01. The lowest BCUT2D eigenvalue weighted by Gasteiger charge is -2.27. The number of carbonyl (C=O) groups excluding carboxylic acids is 1. The fourth-order valence-electron chi connectivity index (χ4n) is 3.81. The molecular weight excluding hydrogens is 495 g/mol. The zero-order chi connectivity index (χ0) is 20.5. The third-order valence-corrected chi connectivity index (χ3v) is 7.57. The highest BCUT2D eigenvalue weighted by Gasteiger charge is 2.41. The first-order valence-electron chi connectivity index (χ1n) is 9.56. The molecule has 2 aromatic rings. The van der Waals surface area contributed by atoms with E-state index in [9.17, 15) is 4.79 Å².